The molecule has 0 aromatic rings. The summed E-state index contributed by atoms with van der Waals surface area (Å²) in [6.07, 6.45) is 10.3. The minimum Gasteiger partial charge on any atom is -0.179 e. The van der Waals surface area contributed by atoms with Gasteiger partial charge in [0.15, 0.2) is 0 Å². The molecule has 0 N–H and O–H groups in total. The first-order valence-corrected chi connectivity index (χ1v) is 7.54. The highest BCUT2D eigenvalue weighted by molar-refractivity contribution is 7.80. The molecule has 0 aliphatic heterocycles. The molecule has 0 saturated carbocycles. The molecule has 0 saturated heterocycles. The minimum absolute atomic E-state index is 0.586. The van der Waals surface area contributed by atoms with Gasteiger partial charge in [0.2, 0.25) is 0 Å². The van der Waals surface area contributed by atoms with Gasteiger partial charge in [0.1, 0.15) is 0 Å². The first-order valence-electron chi connectivity index (χ1n) is 6.91. The molecular formula is C15H30S. The van der Waals surface area contributed by atoms with Crippen molar-refractivity contribution in [2.45, 2.75) is 72.1 Å². The second-order valence-corrected chi connectivity index (χ2v) is 5.52. The Bertz CT molecular complexity index is 178. The Morgan fingerprint density at radius 3 is 1.94 bits per heavy atom. The normalized spacial score (nSPS) is 11.8. The van der Waals surface area contributed by atoms with Gasteiger partial charge in [-0.3, -0.25) is 0 Å². The minimum atomic E-state index is 0.586. The Kier molecular flexibility index (Phi) is 9.21. The number of rotatable bonds is 10. The Hall–Kier alpha value is 0.0900. The van der Waals surface area contributed by atoms with Crippen molar-refractivity contribution in [3.63, 3.8) is 0 Å². The van der Waals surface area contributed by atoms with Gasteiger partial charge in [0.25, 0.3) is 0 Å². The van der Waals surface area contributed by atoms with Crippen LogP contribution in [0.2, 0.25) is 0 Å². The zero-order chi connectivity index (χ0) is 12.4. The van der Waals surface area contributed by atoms with E-state index in [1.807, 2.05) is 0 Å². The average Bonchev–Trinajstić information content (AvgIpc) is 2.27. The van der Waals surface area contributed by atoms with Gasteiger partial charge >= 0.3 is 0 Å². The summed E-state index contributed by atoms with van der Waals surface area (Å²) < 4.78 is 0. The van der Waals surface area contributed by atoms with E-state index in [1.165, 1.54) is 50.5 Å². The van der Waals surface area contributed by atoms with Gasteiger partial charge in [-0.25, -0.2) is 0 Å². The van der Waals surface area contributed by atoms with Crippen LogP contribution in [0, 0.1) is 5.41 Å². The van der Waals surface area contributed by atoms with Crippen LogP contribution in [0.1, 0.15) is 72.1 Å². The van der Waals surface area contributed by atoms with E-state index >= 15 is 0 Å². The maximum atomic E-state index is 4.27. The zero-order valence-corrected chi connectivity index (χ0v) is 12.4. The third-order valence-electron chi connectivity index (χ3n) is 3.78. The number of thiol groups is 1. The van der Waals surface area contributed by atoms with E-state index in [0.29, 0.717) is 5.41 Å². The zero-order valence-electron chi connectivity index (χ0n) is 11.5. The molecule has 0 bridgehead atoms. The topological polar surface area (TPSA) is 0 Å². The van der Waals surface area contributed by atoms with Crippen molar-refractivity contribution in [2.75, 3.05) is 5.75 Å². The van der Waals surface area contributed by atoms with Crippen molar-refractivity contribution in [1.29, 1.82) is 0 Å². The third-order valence-corrected chi connectivity index (χ3v) is 4.01. The maximum absolute atomic E-state index is 4.27. The average molecular weight is 242 g/mol. The van der Waals surface area contributed by atoms with E-state index in [2.05, 4.69) is 40.0 Å². The van der Waals surface area contributed by atoms with Gasteiger partial charge in [-0.2, -0.15) is 12.6 Å². The highest BCUT2D eigenvalue weighted by Gasteiger charge is 2.25. The highest BCUT2D eigenvalue weighted by atomic mass is 32.1. The lowest BCUT2D eigenvalue weighted by atomic mass is 9.73. The lowest BCUT2D eigenvalue weighted by molar-refractivity contribution is 0.204. The molecule has 0 radical (unpaired) electrons. The van der Waals surface area contributed by atoms with Gasteiger partial charge in [-0.15, -0.1) is 0 Å². The smallest absolute Gasteiger partial charge is 0.00607 e. The molecule has 96 valence electrons. The molecule has 0 aromatic carbocycles. The second-order valence-electron chi connectivity index (χ2n) is 5.08. The summed E-state index contributed by atoms with van der Waals surface area (Å²) in [5.74, 6) is 0.944. The Balaban J connectivity index is 4.23. The van der Waals surface area contributed by atoms with Gasteiger partial charge in [-0.05, 0) is 43.3 Å². The van der Waals surface area contributed by atoms with E-state index in [-0.39, 0.29) is 0 Å². The highest BCUT2D eigenvalue weighted by Crippen LogP contribution is 2.39. The predicted octanol–water partition coefficient (Wildman–Crippen LogP) is 5.64. The van der Waals surface area contributed by atoms with Gasteiger partial charge in [0, 0.05) is 0 Å². The molecule has 0 aliphatic rings. The Labute approximate surface area is 108 Å². The van der Waals surface area contributed by atoms with Gasteiger partial charge < -0.3 is 0 Å². The molecule has 0 spiro atoms. The second kappa shape index (κ2) is 9.15. The van der Waals surface area contributed by atoms with Crippen LogP contribution in [-0.4, -0.2) is 5.75 Å². The molecule has 0 fully saturated rings. The van der Waals surface area contributed by atoms with Crippen LogP contribution in [0.25, 0.3) is 0 Å². The fraction of sp³-hybridized carbons (Fsp3) is 0.867. The van der Waals surface area contributed by atoms with Crippen LogP contribution >= 0.6 is 12.6 Å². The lowest BCUT2D eigenvalue weighted by Gasteiger charge is -2.33. The molecule has 0 aromatic heterocycles. The van der Waals surface area contributed by atoms with Crippen molar-refractivity contribution >= 4 is 12.6 Å². The standard InChI is InChI=1S/C15H30S/c1-5-10-15(7-3,11-6-2)12-8-14(4)9-13-16/h16H,4-13H2,1-3H3. The van der Waals surface area contributed by atoms with Crippen LogP contribution < -0.4 is 0 Å². The number of allylic oxidation sites excluding steroid dienone is 1. The van der Waals surface area contributed by atoms with Crippen molar-refractivity contribution in [2.24, 2.45) is 5.41 Å². The summed E-state index contributed by atoms with van der Waals surface area (Å²) in [5.41, 5.74) is 1.98. The van der Waals surface area contributed by atoms with E-state index < -0.39 is 0 Å². The largest absolute Gasteiger partial charge is 0.179 e. The molecule has 0 atom stereocenters. The molecule has 0 rings (SSSR count). The molecule has 0 amide bonds. The van der Waals surface area contributed by atoms with Crippen LogP contribution in [0.4, 0.5) is 0 Å². The first kappa shape index (κ1) is 16.1. The maximum Gasteiger partial charge on any atom is -0.00607 e. The fourth-order valence-corrected chi connectivity index (χ4v) is 3.01. The van der Waals surface area contributed by atoms with E-state index in [9.17, 15) is 0 Å². The Morgan fingerprint density at radius 1 is 1.00 bits per heavy atom. The fourth-order valence-electron chi connectivity index (χ4n) is 2.69. The predicted molar refractivity (Wildman–Crippen MR) is 79.4 cm³/mol. The van der Waals surface area contributed by atoms with E-state index in [0.717, 1.165) is 12.2 Å². The quantitative estimate of drug-likeness (QED) is 0.372. The van der Waals surface area contributed by atoms with Crippen LogP contribution in [0.15, 0.2) is 12.2 Å². The van der Waals surface area contributed by atoms with Crippen molar-refractivity contribution < 1.29 is 0 Å². The van der Waals surface area contributed by atoms with Gasteiger partial charge in [-0.1, -0.05) is 52.2 Å². The molecule has 0 unspecified atom stereocenters. The lowest BCUT2D eigenvalue weighted by Crippen LogP contribution is -2.19. The van der Waals surface area contributed by atoms with Crippen LogP contribution in [0.3, 0.4) is 0 Å². The van der Waals surface area contributed by atoms with Crippen molar-refractivity contribution in [3.05, 3.63) is 12.2 Å². The molecule has 1 heteroatoms. The molecule has 0 heterocycles. The summed E-state index contributed by atoms with van der Waals surface area (Å²) in [6, 6.07) is 0. The summed E-state index contributed by atoms with van der Waals surface area (Å²) in [5, 5.41) is 0. The molecular weight excluding hydrogens is 212 g/mol. The summed E-state index contributed by atoms with van der Waals surface area (Å²) >= 11 is 4.27. The summed E-state index contributed by atoms with van der Waals surface area (Å²) in [4.78, 5) is 0. The monoisotopic (exact) mass is 242 g/mol. The Morgan fingerprint density at radius 2 is 1.56 bits per heavy atom. The first-order chi connectivity index (χ1) is 7.64. The van der Waals surface area contributed by atoms with Crippen LogP contribution in [-0.2, 0) is 0 Å². The SMILES string of the molecule is C=C(CCS)CCC(CC)(CCC)CCC. The van der Waals surface area contributed by atoms with Gasteiger partial charge in [0.05, 0.1) is 0 Å². The van der Waals surface area contributed by atoms with Crippen molar-refractivity contribution in [1.82, 2.24) is 0 Å². The third kappa shape index (κ3) is 5.98. The molecule has 0 aliphatic carbocycles. The van der Waals surface area contributed by atoms with Crippen molar-refractivity contribution in [3.8, 4) is 0 Å². The number of hydrogen-bond donors (Lipinski definition) is 1. The summed E-state index contributed by atoms with van der Waals surface area (Å²) in [7, 11) is 0. The summed E-state index contributed by atoms with van der Waals surface area (Å²) in [6.45, 7) is 11.1. The molecule has 0 nitrogen and oxygen atoms in total. The molecule has 16 heavy (non-hydrogen) atoms. The van der Waals surface area contributed by atoms with E-state index in [4.69, 9.17) is 0 Å². The number of hydrogen-bond acceptors (Lipinski definition) is 1. The van der Waals surface area contributed by atoms with E-state index in [1.54, 1.807) is 0 Å². The van der Waals surface area contributed by atoms with Crippen LogP contribution in [0.5, 0.6) is 0 Å².